The fourth-order valence-corrected chi connectivity index (χ4v) is 1.22. The molecule has 1 aromatic heterocycles. The van der Waals surface area contributed by atoms with Gasteiger partial charge in [0, 0.05) is 12.6 Å². The summed E-state index contributed by atoms with van der Waals surface area (Å²) in [4.78, 5) is 3.75. The molecule has 0 bridgehead atoms. The molecule has 1 aromatic rings. The third kappa shape index (κ3) is 4.48. The summed E-state index contributed by atoms with van der Waals surface area (Å²) in [6.07, 6.45) is -2.61. The summed E-state index contributed by atoms with van der Waals surface area (Å²) in [5.74, 6) is -0.0156. The van der Waals surface area contributed by atoms with E-state index in [0.29, 0.717) is 0 Å². The topological polar surface area (TPSA) is 80.7 Å². The summed E-state index contributed by atoms with van der Waals surface area (Å²) in [6, 6.07) is 1.44. The minimum Gasteiger partial charge on any atom is -0.491 e. The van der Waals surface area contributed by atoms with Crippen molar-refractivity contribution in [3.8, 4) is 5.75 Å². The second kappa shape index (κ2) is 6.08. The lowest BCUT2D eigenvalue weighted by Crippen LogP contribution is -2.16. The smallest absolute Gasteiger partial charge is 0.389 e. The van der Waals surface area contributed by atoms with E-state index >= 15 is 0 Å². The number of amidine groups is 1. The first-order chi connectivity index (χ1) is 8.44. The number of aromatic nitrogens is 1. The normalized spacial score (nSPS) is 12.5. The van der Waals surface area contributed by atoms with Crippen LogP contribution in [0.25, 0.3) is 0 Å². The summed E-state index contributed by atoms with van der Waals surface area (Å²) in [7, 11) is 0. The van der Waals surface area contributed by atoms with Gasteiger partial charge in [-0.25, -0.2) is 0 Å². The van der Waals surface area contributed by atoms with Gasteiger partial charge in [0.2, 0.25) is 0 Å². The molecule has 8 heteroatoms. The van der Waals surface area contributed by atoms with Gasteiger partial charge in [0.15, 0.2) is 5.84 Å². The number of nitrogens with zero attached hydrogens (tertiary/aromatic N) is 2. The van der Waals surface area contributed by atoms with Crippen molar-refractivity contribution in [1.29, 1.82) is 0 Å². The van der Waals surface area contributed by atoms with Crippen molar-refractivity contribution in [1.82, 2.24) is 4.98 Å². The van der Waals surface area contributed by atoms with Crippen LogP contribution >= 0.6 is 0 Å². The number of rotatable bonds is 5. The molecule has 0 aliphatic rings. The van der Waals surface area contributed by atoms with Crippen LogP contribution in [0, 0.1) is 0 Å². The Morgan fingerprint density at radius 3 is 2.83 bits per heavy atom. The molecule has 0 unspecified atom stereocenters. The molecule has 0 atom stereocenters. The van der Waals surface area contributed by atoms with Crippen LogP contribution in [-0.4, -0.2) is 28.8 Å². The maximum atomic E-state index is 11.9. The molecular formula is C10H12F3N3O2. The van der Waals surface area contributed by atoms with Gasteiger partial charge in [-0.3, -0.25) is 4.98 Å². The van der Waals surface area contributed by atoms with E-state index in [0.717, 1.165) is 0 Å². The molecule has 1 heterocycles. The van der Waals surface area contributed by atoms with Crippen molar-refractivity contribution in [2.24, 2.45) is 10.9 Å². The van der Waals surface area contributed by atoms with Gasteiger partial charge >= 0.3 is 6.18 Å². The lowest BCUT2D eigenvalue weighted by Gasteiger charge is -2.10. The molecule has 0 aromatic carbocycles. The van der Waals surface area contributed by atoms with E-state index in [1.54, 1.807) is 0 Å². The molecule has 0 aliphatic heterocycles. The molecule has 3 N–H and O–H groups in total. The standard InChI is InChI=1S/C10H12F3N3O2/c11-10(12,13)3-1-5-18-8-6-15-4-2-7(8)9(14)16-17/h2,4,6,17H,1,3,5H2,(H2,14,16). The van der Waals surface area contributed by atoms with Crippen molar-refractivity contribution in [3.05, 3.63) is 24.0 Å². The number of nitrogens with two attached hydrogens (primary N) is 1. The quantitative estimate of drug-likeness (QED) is 0.279. The fraction of sp³-hybridized carbons (Fsp3) is 0.400. The first-order valence-corrected chi connectivity index (χ1v) is 5.05. The van der Waals surface area contributed by atoms with Crippen LogP contribution in [0.3, 0.4) is 0 Å². The molecule has 0 saturated heterocycles. The molecule has 0 aliphatic carbocycles. The third-order valence-electron chi connectivity index (χ3n) is 2.03. The maximum Gasteiger partial charge on any atom is 0.389 e. The number of hydrogen-bond acceptors (Lipinski definition) is 4. The van der Waals surface area contributed by atoms with Crippen molar-refractivity contribution in [2.45, 2.75) is 19.0 Å². The Morgan fingerprint density at radius 1 is 1.50 bits per heavy atom. The second-order valence-corrected chi connectivity index (χ2v) is 3.42. The Labute approximate surface area is 101 Å². The minimum absolute atomic E-state index is 0.128. The van der Waals surface area contributed by atoms with Crippen molar-refractivity contribution >= 4 is 5.84 Å². The zero-order valence-corrected chi connectivity index (χ0v) is 9.31. The monoisotopic (exact) mass is 263 g/mol. The van der Waals surface area contributed by atoms with Gasteiger partial charge in [0.1, 0.15) is 5.75 Å². The lowest BCUT2D eigenvalue weighted by molar-refractivity contribution is -0.136. The number of pyridine rings is 1. The van der Waals surface area contributed by atoms with Gasteiger partial charge in [-0.15, -0.1) is 0 Å². The third-order valence-corrected chi connectivity index (χ3v) is 2.03. The predicted molar refractivity (Wildman–Crippen MR) is 57.5 cm³/mol. The zero-order valence-electron chi connectivity index (χ0n) is 9.31. The molecule has 0 spiro atoms. The van der Waals surface area contributed by atoms with Crippen LogP contribution in [-0.2, 0) is 0 Å². The number of alkyl halides is 3. The summed E-state index contributed by atoms with van der Waals surface area (Å²) < 4.78 is 40.8. The van der Waals surface area contributed by atoms with Crippen LogP contribution in [0.5, 0.6) is 5.75 Å². The molecule has 0 amide bonds. The van der Waals surface area contributed by atoms with Gasteiger partial charge in [0.25, 0.3) is 0 Å². The highest BCUT2D eigenvalue weighted by molar-refractivity contribution is 5.99. The summed E-state index contributed by atoms with van der Waals surface area (Å²) in [5.41, 5.74) is 5.66. The van der Waals surface area contributed by atoms with Crippen molar-refractivity contribution < 1.29 is 23.1 Å². The predicted octanol–water partition coefficient (Wildman–Crippen LogP) is 1.90. The molecule has 100 valence electrons. The van der Waals surface area contributed by atoms with E-state index in [4.69, 9.17) is 15.7 Å². The fourth-order valence-electron chi connectivity index (χ4n) is 1.22. The van der Waals surface area contributed by atoms with Crippen molar-refractivity contribution in [3.63, 3.8) is 0 Å². The Bertz CT molecular complexity index is 421. The summed E-state index contributed by atoms with van der Waals surface area (Å²) >= 11 is 0. The zero-order chi connectivity index (χ0) is 13.6. The number of ether oxygens (including phenoxy) is 1. The van der Waals surface area contributed by atoms with E-state index in [1.807, 2.05) is 0 Å². The Kier molecular flexibility index (Phi) is 4.75. The Morgan fingerprint density at radius 2 is 2.22 bits per heavy atom. The second-order valence-electron chi connectivity index (χ2n) is 3.42. The molecule has 18 heavy (non-hydrogen) atoms. The molecule has 5 nitrogen and oxygen atoms in total. The van der Waals surface area contributed by atoms with Crippen molar-refractivity contribution in [2.75, 3.05) is 6.61 Å². The van der Waals surface area contributed by atoms with Crippen LogP contribution < -0.4 is 10.5 Å². The van der Waals surface area contributed by atoms with E-state index < -0.39 is 12.6 Å². The largest absolute Gasteiger partial charge is 0.491 e. The van der Waals surface area contributed by atoms with Crippen LogP contribution in [0.15, 0.2) is 23.6 Å². The summed E-state index contributed by atoms with van der Waals surface area (Å²) in [6.45, 7) is -0.128. The molecule has 0 radical (unpaired) electrons. The minimum atomic E-state index is -4.20. The highest BCUT2D eigenvalue weighted by Crippen LogP contribution is 2.22. The lowest BCUT2D eigenvalue weighted by atomic mass is 10.2. The Hall–Kier alpha value is -1.99. The SMILES string of the molecule is N/C(=N/O)c1ccncc1OCCCC(F)(F)F. The van der Waals surface area contributed by atoms with Gasteiger partial charge < -0.3 is 15.7 Å². The average Bonchev–Trinajstić information content (AvgIpc) is 2.33. The van der Waals surface area contributed by atoms with Gasteiger partial charge in [-0.2, -0.15) is 13.2 Å². The Balaban J connectivity index is 2.57. The summed E-state index contributed by atoms with van der Waals surface area (Å²) in [5, 5.41) is 11.3. The van der Waals surface area contributed by atoms with Crippen LogP contribution in [0.2, 0.25) is 0 Å². The van der Waals surface area contributed by atoms with Gasteiger partial charge in [-0.05, 0) is 12.5 Å². The first kappa shape index (κ1) is 14.1. The maximum absolute atomic E-state index is 11.9. The average molecular weight is 263 g/mol. The van der Waals surface area contributed by atoms with Gasteiger partial charge in [-0.1, -0.05) is 5.16 Å². The van der Waals surface area contributed by atoms with Gasteiger partial charge in [0.05, 0.1) is 18.4 Å². The highest BCUT2D eigenvalue weighted by Gasteiger charge is 2.26. The van der Waals surface area contributed by atoms with E-state index in [-0.39, 0.29) is 30.2 Å². The molecule has 0 fully saturated rings. The first-order valence-electron chi connectivity index (χ1n) is 5.05. The molecule has 0 saturated carbocycles. The van der Waals surface area contributed by atoms with E-state index in [2.05, 4.69) is 10.1 Å². The van der Waals surface area contributed by atoms with E-state index in [1.165, 1.54) is 18.5 Å². The number of oxime groups is 1. The van der Waals surface area contributed by atoms with Crippen LogP contribution in [0.1, 0.15) is 18.4 Å². The molecular weight excluding hydrogens is 251 g/mol. The van der Waals surface area contributed by atoms with Crippen LogP contribution in [0.4, 0.5) is 13.2 Å². The van der Waals surface area contributed by atoms with E-state index in [9.17, 15) is 13.2 Å². The molecule has 1 rings (SSSR count). The number of hydrogen-bond donors (Lipinski definition) is 2. The highest BCUT2D eigenvalue weighted by atomic mass is 19.4. The number of halogens is 3.